The Morgan fingerprint density at radius 3 is 2.47 bits per heavy atom. The largest absolute Gasteiger partial charge is 0.449 e. The smallest absolute Gasteiger partial charge is 0.409 e. The highest BCUT2D eigenvalue weighted by molar-refractivity contribution is 5.94. The number of benzene rings is 1. The van der Waals surface area contributed by atoms with Crippen LogP contribution in [-0.2, 0) is 14.3 Å². The molecule has 8 heteroatoms. The van der Waals surface area contributed by atoms with Gasteiger partial charge >= 0.3 is 6.09 Å². The summed E-state index contributed by atoms with van der Waals surface area (Å²) in [6, 6.07) is 7.52. The van der Waals surface area contributed by atoms with Crippen molar-refractivity contribution >= 4 is 23.6 Å². The lowest BCUT2D eigenvalue weighted by Gasteiger charge is -2.24. The Kier molecular flexibility index (Phi) is 9.11. The van der Waals surface area contributed by atoms with Crippen LogP contribution in [0.5, 0.6) is 0 Å². The SMILES string of the molecule is Cc1ccc(NC(=O)CN(C)C(=O)CN2CCCN(C(=O)OCC(C)C)CC2)cc1. The van der Waals surface area contributed by atoms with Gasteiger partial charge in [-0.15, -0.1) is 0 Å². The second-order valence-electron chi connectivity index (χ2n) is 8.25. The second-order valence-corrected chi connectivity index (χ2v) is 8.25. The molecule has 0 bridgehead atoms. The van der Waals surface area contributed by atoms with E-state index in [0.29, 0.717) is 37.8 Å². The maximum absolute atomic E-state index is 12.5. The molecule has 1 aromatic carbocycles. The zero-order valence-electron chi connectivity index (χ0n) is 18.5. The van der Waals surface area contributed by atoms with Crippen LogP contribution in [0.2, 0.25) is 0 Å². The van der Waals surface area contributed by atoms with Crippen molar-refractivity contribution in [2.45, 2.75) is 27.2 Å². The summed E-state index contributed by atoms with van der Waals surface area (Å²) in [6.45, 7) is 9.09. The Balaban J connectivity index is 1.75. The van der Waals surface area contributed by atoms with Gasteiger partial charge in [0.2, 0.25) is 11.8 Å². The molecule has 30 heavy (non-hydrogen) atoms. The maximum atomic E-state index is 12.5. The van der Waals surface area contributed by atoms with Gasteiger partial charge in [-0.05, 0) is 31.4 Å². The van der Waals surface area contributed by atoms with E-state index in [-0.39, 0.29) is 31.0 Å². The van der Waals surface area contributed by atoms with Crippen LogP contribution in [0.25, 0.3) is 0 Å². The van der Waals surface area contributed by atoms with Crippen LogP contribution in [-0.4, -0.2) is 85.5 Å². The van der Waals surface area contributed by atoms with Crippen molar-refractivity contribution in [3.63, 3.8) is 0 Å². The van der Waals surface area contributed by atoms with E-state index in [4.69, 9.17) is 4.74 Å². The third-order valence-corrected chi connectivity index (χ3v) is 4.89. The van der Waals surface area contributed by atoms with E-state index in [1.54, 1.807) is 11.9 Å². The van der Waals surface area contributed by atoms with Gasteiger partial charge in [0.1, 0.15) is 0 Å². The van der Waals surface area contributed by atoms with Crippen LogP contribution in [0, 0.1) is 12.8 Å². The molecule has 8 nitrogen and oxygen atoms in total. The van der Waals surface area contributed by atoms with Gasteiger partial charge in [-0.3, -0.25) is 14.5 Å². The molecule has 0 atom stereocenters. The van der Waals surface area contributed by atoms with Gasteiger partial charge in [0.05, 0.1) is 19.7 Å². The van der Waals surface area contributed by atoms with E-state index in [1.807, 2.05) is 49.9 Å². The van der Waals surface area contributed by atoms with Crippen molar-refractivity contribution in [1.82, 2.24) is 14.7 Å². The molecule has 1 aliphatic rings. The second kappa shape index (κ2) is 11.5. The average Bonchev–Trinajstić information content (AvgIpc) is 2.93. The number of anilines is 1. The Hall–Kier alpha value is -2.61. The van der Waals surface area contributed by atoms with Crippen molar-refractivity contribution < 1.29 is 19.1 Å². The standard InChI is InChI=1S/C22H34N4O4/c1-17(2)16-30-22(29)26-11-5-10-25(12-13-26)15-21(28)24(4)14-20(27)23-19-8-6-18(3)7-9-19/h6-9,17H,5,10-16H2,1-4H3,(H,23,27). The first kappa shape index (κ1) is 23.7. The number of likely N-dealkylation sites (N-methyl/N-ethyl adjacent to an activating group) is 1. The third-order valence-electron chi connectivity index (χ3n) is 4.89. The van der Waals surface area contributed by atoms with E-state index in [1.165, 1.54) is 4.90 Å². The van der Waals surface area contributed by atoms with Crippen molar-refractivity contribution in [1.29, 1.82) is 0 Å². The molecule has 1 aliphatic heterocycles. The molecule has 3 amide bonds. The van der Waals surface area contributed by atoms with Crippen molar-refractivity contribution in [2.75, 3.05) is 58.2 Å². The lowest BCUT2D eigenvalue weighted by atomic mass is 10.2. The van der Waals surface area contributed by atoms with Crippen molar-refractivity contribution in [3.8, 4) is 0 Å². The summed E-state index contributed by atoms with van der Waals surface area (Å²) >= 11 is 0. The number of nitrogens with one attached hydrogen (secondary N) is 1. The molecule has 1 saturated heterocycles. The number of carbonyl (C=O) groups excluding carboxylic acids is 3. The van der Waals surface area contributed by atoms with Crippen LogP contribution in [0.15, 0.2) is 24.3 Å². The minimum absolute atomic E-state index is 0.00575. The molecular formula is C22H34N4O4. The molecule has 0 aromatic heterocycles. The maximum Gasteiger partial charge on any atom is 0.409 e. The van der Waals surface area contributed by atoms with Crippen molar-refractivity contribution in [2.24, 2.45) is 5.92 Å². The number of aryl methyl sites for hydroxylation is 1. The topological polar surface area (TPSA) is 82.2 Å². The number of carbonyl (C=O) groups is 3. The summed E-state index contributed by atoms with van der Waals surface area (Å²) in [5, 5.41) is 2.80. The monoisotopic (exact) mass is 418 g/mol. The number of rotatable bonds is 7. The Bertz CT molecular complexity index is 720. The zero-order valence-corrected chi connectivity index (χ0v) is 18.5. The van der Waals surface area contributed by atoms with Crippen LogP contribution < -0.4 is 5.32 Å². The lowest BCUT2D eigenvalue weighted by molar-refractivity contribution is -0.134. The Morgan fingerprint density at radius 2 is 1.80 bits per heavy atom. The first-order valence-electron chi connectivity index (χ1n) is 10.5. The Labute approximate surface area is 179 Å². The quantitative estimate of drug-likeness (QED) is 0.734. The van der Waals surface area contributed by atoms with E-state index in [2.05, 4.69) is 5.32 Å². The fourth-order valence-corrected chi connectivity index (χ4v) is 3.09. The molecule has 0 radical (unpaired) electrons. The van der Waals surface area contributed by atoms with Crippen LogP contribution in [0.1, 0.15) is 25.8 Å². The molecule has 2 rings (SSSR count). The highest BCUT2D eigenvalue weighted by atomic mass is 16.6. The van der Waals surface area contributed by atoms with E-state index in [9.17, 15) is 14.4 Å². The van der Waals surface area contributed by atoms with Gasteiger partial charge in [0.15, 0.2) is 0 Å². The van der Waals surface area contributed by atoms with Crippen molar-refractivity contribution in [3.05, 3.63) is 29.8 Å². The van der Waals surface area contributed by atoms with Gasteiger partial charge in [-0.2, -0.15) is 0 Å². The van der Waals surface area contributed by atoms with E-state index < -0.39 is 0 Å². The minimum atomic E-state index is -0.290. The first-order valence-corrected chi connectivity index (χ1v) is 10.5. The molecule has 1 aromatic rings. The lowest BCUT2D eigenvalue weighted by Crippen LogP contribution is -2.43. The number of hydrogen-bond donors (Lipinski definition) is 1. The number of amides is 3. The van der Waals surface area contributed by atoms with Crippen LogP contribution in [0.4, 0.5) is 10.5 Å². The number of hydrogen-bond acceptors (Lipinski definition) is 5. The summed E-state index contributed by atoms with van der Waals surface area (Å²) < 4.78 is 5.30. The summed E-state index contributed by atoms with van der Waals surface area (Å²) in [6.07, 6.45) is 0.489. The molecule has 1 heterocycles. The number of nitrogens with zero attached hydrogens (tertiary/aromatic N) is 3. The van der Waals surface area contributed by atoms with Gasteiger partial charge < -0.3 is 19.9 Å². The Morgan fingerprint density at radius 1 is 1.10 bits per heavy atom. The van der Waals surface area contributed by atoms with Gasteiger partial charge in [0, 0.05) is 38.9 Å². The summed E-state index contributed by atoms with van der Waals surface area (Å²) in [5.41, 5.74) is 1.83. The fraction of sp³-hybridized carbons (Fsp3) is 0.591. The number of ether oxygens (including phenoxy) is 1. The first-order chi connectivity index (χ1) is 14.2. The average molecular weight is 419 g/mol. The highest BCUT2D eigenvalue weighted by Gasteiger charge is 2.23. The van der Waals surface area contributed by atoms with Crippen LogP contribution >= 0.6 is 0 Å². The molecule has 0 unspecified atom stereocenters. The molecule has 0 spiro atoms. The minimum Gasteiger partial charge on any atom is -0.449 e. The van der Waals surface area contributed by atoms with Gasteiger partial charge in [-0.1, -0.05) is 31.5 Å². The summed E-state index contributed by atoms with van der Waals surface area (Å²) in [4.78, 5) is 42.1. The highest BCUT2D eigenvalue weighted by Crippen LogP contribution is 2.09. The molecule has 1 fully saturated rings. The fourth-order valence-electron chi connectivity index (χ4n) is 3.09. The summed E-state index contributed by atoms with van der Waals surface area (Å²) in [7, 11) is 1.63. The normalized spacial score (nSPS) is 14.9. The predicted molar refractivity (Wildman–Crippen MR) is 116 cm³/mol. The third kappa shape index (κ3) is 8.02. The van der Waals surface area contributed by atoms with Crippen LogP contribution in [0.3, 0.4) is 0 Å². The molecular weight excluding hydrogens is 384 g/mol. The zero-order chi connectivity index (χ0) is 22.1. The van der Waals surface area contributed by atoms with E-state index >= 15 is 0 Å². The van der Waals surface area contributed by atoms with Gasteiger partial charge in [0.25, 0.3) is 0 Å². The molecule has 0 aliphatic carbocycles. The molecule has 0 saturated carbocycles. The molecule has 166 valence electrons. The molecule has 1 N–H and O–H groups in total. The predicted octanol–water partition coefficient (Wildman–Crippen LogP) is 2.19. The summed E-state index contributed by atoms with van der Waals surface area (Å²) in [5.74, 6) is -0.0525. The van der Waals surface area contributed by atoms with Gasteiger partial charge in [-0.25, -0.2) is 4.79 Å². The van der Waals surface area contributed by atoms with E-state index in [0.717, 1.165) is 18.5 Å².